The Hall–Kier alpha value is -0.610. The number of aliphatic hydroxyl groups excluding tert-OH is 1. The molecule has 0 aromatic carbocycles. The van der Waals surface area contributed by atoms with Crippen molar-refractivity contribution in [2.24, 2.45) is 5.92 Å². The number of nitrogens with zero attached hydrogens (tertiary/aromatic N) is 1. The Kier molecular flexibility index (Phi) is 4.80. The number of aromatic nitrogens is 1. The van der Waals surface area contributed by atoms with Gasteiger partial charge in [-0.1, -0.05) is 19.3 Å². The second kappa shape index (κ2) is 6.36. The van der Waals surface area contributed by atoms with E-state index < -0.39 is 0 Å². The number of pyridine rings is 1. The minimum absolute atomic E-state index is 0.249. The maximum absolute atomic E-state index is 10.1. The summed E-state index contributed by atoms with van der Waals surface area (Å²) in [6, 6.07) is 3.86. The summed E-state index contributed by atoms with van der Waals surface area (Å²) < 4.78 is 0.968. The molecule has 1 saturated carbocycles. The summed E-state index contributed by atoms with van der Waals surface area (Å²) in [5.41, 5.74) is 0. The molecule has 2 rings (SSSR count). The molecule has 4 heteroatoms. The van der Waals surface area contributed by atoms with E-state index in [4.69, 9.17) is 0 Å². The van der Waals surface area contributed by atoms with Gasteiger partial charge in [0.15, 0.2) is 0 Å². The molecule has 94 valence electrons. The van der Waals surface area contributed by atoms with Crippen LogP contribution in [0.5, 0.6) is 0 Å². The van der Waals surface area contributed by atoms with Crippen molar-refractivity contribution in [3.05, 3.63) is 22.8 Å². The van der Waals surface area contributed by atoms with Crippen LogP contribution in [0, 0.1) is 5.92 Å². The normalized spacial score (nSPS) is 18.9. The van der Waals surface area contributed by atoms with Crippen molar-refractivity contribution in [3.63, 3.8) is 0 Å². The van der Waals surface area contributed by atoms with Crippen LogP contribution < -0.4 is 5.32 Å². The van der Waals surface area contributed by atoms with E-state index in [1.807, 2.05) is 12.1 Å². The highest BCUT2D eigenvalue weighted by Gasteiger charge is 2.21. The van der Waals surface area contributed by atoms with Crippen LogP contribution >= 0.6 is 15.9 Å². The van der Waals surface area contributed by atoms with Gasteiger partial charge in [-0.25, -0.2) is 4.98 Å². The van der Waals surface area contributed by atoms with E-state index in [0.29, 0.717) is 12.5 Å². The zero-order valence-electron chi connectivity index (χ0n) is 9.90. The molecule has 1 heterocycles. The summed E-state index contributed by atoms with van der Waals surface area (Å²) in [6.07, 6.45) is 7.69. The van der Waals surface area contributed by atoms with Gasteiger partial charge in [0.1, 0.15) is 5.82 Å². The Morgan fingerprint density at radius 3 is 2.76 bits per heavy atom. The van der Waals surface area contributed by atoms with Crippen LogP contribution in [0.15, 0.2) is 22.8 Å². The van der Waals surface area contributed by atoms with Gasteiger partial charge in [0.2, 0.25) is 0 Å². The van der Waals surface area contributed by atoms with Gasteiger partial charge in [0.25, 0.3) is 0 Å². The highest BCUT2D eigenvalue weighted by Crippen LogP contribution is 2.26. The molecule has 1 aromatic heterocycles. The Labute approximate surface area is 111 Å². The van der Waals surface area contributed by atoms with Crippen molar-refractivity contribution in [1.82, 2.24) is 4.98 Å². The second-order valence-electron chi connectivity index (χ2n) is 4.71. The van der Waals surface area contributed by atoms with Crippen molar-refractivity contribution in [3.8, 4) is 0 Å². The molecule has 1 unspecified atom stereocenters. The number of anilines is 1. The molecular formula is C13H19BrN2O. The first-order valence-corrected chi connectivity index (χ1v) is 7.08. The molecule has 0 bridgehead atoms. The SMILES string of the molecule is OC(CNc1ccc(Br)cn1)C1CCCCC1. The summed E-state index contributed by atoms with van der Waals surface area (Å²) >= 11 is 3.35. The van der Waals surface area contributed by atoms with E-state index in [9.17, 15) is 5.11 Å². The molecule has 0 radical (unpaired) electrons. The van der Waals surface area contributed by atoms with Crippen LogP contribution in [0.2, 0.25) is 0 Å². The van der Waals surface area contributed by atoms with Crippen molar-refractivity contribution in [1.29, 1.82) is 0 Å². The molecule has 1 aromatic rings. The van der Waals surface area contributed by atoms with Gasteiger partial charge in [0, 0.05) is 17.2 Å². The van der Waals surface area contributed by atoms with Crippen molar-refractivity contribution in [2.45, 2.75) is 38.2 Å². The van der Waals surface area contributed by atoms with Gasteiger partial charge in [-0.05, 0) is 46.8 Å². The third-order valence-electron chi connectivity index (χ3n) is 3.41. The second-order valence-corrected chi connectivity index (χ2v) is 5.62. The zero-order chi connectivity index (χ0) is 12.1. The van der Waals surface area contributed by atoms with Gasteiger partial charge in [-0.2, -0.15) is 0 Å². The topological polar surface area (TPSA) is 45.1 Å². The van der Waals surface area contributed by atoms with Crippen LogP contribution in [0.1, 0.15) is 32.1 Å². The van der Waals surface area contributed by atoms with E-state index in [0.717, 1.165) is 23.1 Å². The van der Waals surface area contributed by atoms with E-state index in [2.05, 4.69) is 26.2 Å². The highest BCUT2D eigenvalue weighted by molar-refractivity contribution is 9.10. The first kappa shape index (κ1) is 12.8. The fraction of sp³-hybridized carbons (Fsp3) is 0.615. The average Bonchev–Trinajstić information content (AvgIpc) is 2.39. The maximum atomic E-state index is 10.1. The molecule has 3 nitrogen and oxygen atoms in total. The van der Waals surface area contributed by atoms with Crippen LogP contribution in [0.25, 0.3) is 0 Å². The van der Waals surface area contributed by atoms with Crippen molar-refractivity contribution in [2.75, 3.05) is 11.9 Å². The summed E-state index contributed by atoms with van der Waals surface area (Å²) in [4.78, 5) is 4.23. The van der Waals surface area contributed by atoms with Crippen LogP contribution in [0.3, 0.4) is 0 Å². The molecule has 1 aliphatic rings. The van der Waals surface area contributed by atoms with Crippen LogP contribution in [0.4, 0.5) is 5.82 Å². The molecule has 2 N–H and O–H groups in total. The van der Waals surface area contributed by atoms with Crippen molar-refractivity contribution >= 4 is 21.7 Å². The number of hydrogen-bond donors (Lipinski definition) is 2. The van der Waals surface area contributed by atoms with Gasteiger partial charge in [-0.3, -0.25) is 0 Å². The lowest BCUT2D eigenvalue weighted by atomic mass is 9.85. The van der Waals surface area contributed by atoms with Crippen LogP contribution in [-0.2, 0) is 0 Å². The number of hydrogen-bond acceptors (Lipinski definition) is 3. The fourth-order valence-electron chi connectivity index (χ4n) is 2.38. The predicted octanol–water partition coefficient (Wildman–Crippen LogP) is 3.20. The van der Waals surface area contributed by atoms with E-state index >= 15 is 0 Å². The minimum Gasteiger partial charge on any atom is -0.391 e. The molecule has 17 heavy (non-hydrogen) atoms. The fourth-order valence-corrected chi connectivity index (χ4v) is 2.61. The quantitative estimate of drug-likeness (QED) is 0.897. The van der Waals surface area contributed by atoms with Gasteiger partial charge < -0.3 is 10.4 Å². The summed E-state index contributed by atoms with van der Waals surface area (Å²) in [7, 11) is 0. The standard InChI is InChI=1S/C13H19BrN2O/c14-11-6-7-13(15-8-11)16-9-12(17)10-4-2-1-3-5-10/h6-8,10,12,17H,1-5,9H2,(H,15,16). The lowest BCUT2D eigenvalue weighted by molar-refractivity contribution is 0.0956. The number of nitrogens with one attached hydrogen (secondary N) is 1. The minimum atomic E-state index is -0.249. The Morgan fingerprint density at radius 1 is 1.35 bits per heavy atom. The monoisotopic (exact) mass is 298 g/mol. The first-order chi connectivity index (χ1) is 8.25. The molecule has 0 saturated heterocycles. The molecule has 1 atom stereocenters. The zero-order valence-corrected chi connectivity index (χ0v) is 11.5. The molecule has 1 aliphatic carbocycles. The van der Waals surface area contributed by atoms with E-state index in [1.165, 1.54) is 19.3 Å². The number of aliphatic hydroxyl groups is 1. The highest BCUT2D eigenvalue weighted by atomic mass is 79.9. The third-order valence-corrected chi connectivity index (χ3v) is 3.88. The van der Waals surface area contributed by atoms with E-state index in [-0.39, 0.29) is 6.10 Å². The maximum Gasteiger partial charge on any atom is 0.126 e. The van der Waals surface area contributed by atoms with Crippen LogP contribution in [-0.4, -0.2) is 22.7 Å². The van der Waals surface area contributed by atoms with Gasteiger partial charge >= 0.3 is 0 Å². The largest absolute Gasteiger partial charge is 0.391 e. The summed E-state index contributed by atoms with van der Waals surface area (Å²) in [5, 5.41) is 13.3. The number of halogens is 1. The summed E-state index contributed by atoms with van der Waals surface area (Å²) in [5.74, 6) is 1.29. The molecule has 1 fully saturated rings. The Morgan fingerprint density at radius 2 is 2.12 bits per heavy atom. The third kappa shape index (κ3) is 3.96. The smallest absolute Gasteiger partial charge is 0.126 e. The Bertz CT molecular complexity index is 336. The van der Waals surface area contributed by atoms with Crippen molar-refractivity contribution < 1.29 is 5.11 Å². The lowest BCUT2D eigenvalue weighted by Gasteiger charge is -2.26. The number of rotatable bonds is 4. The van der Waals surface area contributed by atoms with Gasteiger partial charge in [0.05, 0.1) is 6.10 Å². The van der Waals surface area contributed by atoms with E-state index in [1.54, 1.807) is 6.20 Å². The lowest BCUT2D eigenvalue weighted by Crippen LogP contribution is -2.30. The molecule has 0 spiro atoms. The molecular weight excluding hydrogens is 280 g/mol. The summed E-state index contributed by atoms with van der Waals surface area (Å²) in [6.45, 7) is 0.597. The molecule has 0 amide bonds. The first-order valence-electron chi connectivity index (χ1n) is 6.29. The van der Waals surface area contributed by atoms with Gasteiger partial charge in [-0.15, -0.1) is 0 Å². The average molecular weight is 299 g/mol. The predicted molar refractivity (Wildman–Crippen MR) is 73.0 cm³/mol. The Balaban J connectivity index is 1.78. The molecule has 0 aliphatic heterocycles.